The van der Waals surface area contributed by atoms with Crippen molar-refractivity contribution in [2.75, 3.05) is 27.4 Å². The minimum Gasteiger partial charge on any atom is -0.497 e. The minimum atomic E-state index is -3.82. The van der Waals surface area contributed by atoms with E-state index in [1.807, 2.05) is 0 Å². The van der Waals surface area contributed by atoms with Gasteiger partial charge in [-0.2, -0.15) is 0 Å². The minimum absolute atomic E-state index is 0.0717. The Morgan fingerprint density at radius 1 is 1.40 bits per heavy atom. The highest BCUT2D eigenvalue weighted by Gasteiger charge is 2.23. The molecule has 1 aromatic carbocycles. The van der Waals surface area contributed by atoms with E-state index in [1.54, 1.807) is 6.07 Å². The first-order valence-electron chi connectivity index (χ1n) is 5.90. The number of hydrogen-bond donors (Lipinski definition) is 2. The van der Waals surface area contributed by atoms with Crippen LogP contribution < -0.4 is 9.46 Å². The summed E-state index contributed by atoms with van der Waals surface area (Å²) in [6.07, 6.45) is 0.245. The van der Waals surface area contributed by atoms with Crippen molar-refractivity contribution in [3.8, 4) is 5.75 Å². The van der Waals surface area contributed by atoms with Crippen molar-refractivity contribution in [1.29, 1.82) is 0 Å². The van der Waals surface area contributed by atoms with Gasteiger partial charge in [-0.3, -0.25) is 0 Å². The third-order valence-corrected chi connectivity index (χ3v) is 4.60. The first-order chi connectivity index (χ1) is 9.44. The van der Waals surface area contributed by atoms with E-state index in [9.17, 15) is 8.42 Å². The van der Waals surface area contributed by atoms with Crippen molar-refractivity contribution in [2.24, 2.45) is 0 Å². The summed E-state index contributed by atoms with van der Waals surface area (Å²) in [5, 5.41) is 9.03. The van der Waals surface area contributed by atoms with Crippen LogP contribution in [0, 0.1) is 0 Å². The molecule has 0 aliphatic rings. The van der Waals surface area contributed by atoms with E-state index in [0.29, 0.717) is 5.75 Å². The van der Waals surface area contributed by atoms with Crippen LogP contribution in [-0.2, 0) is 14.8 Å². The number of hydrogen-bond acceptors (Lipinski definition) is 5. The van der Waals surface area contributed by atoms with Crippen LogP contribution in [0.1, 0.15) is 6.42 Å². The molecule has 0 saturated carbocycles. The summed E-state index contributed by atoms with van der Waals surface area (Å²) in [4.78, 5) is -0.0717. The van der Waals surface area contributed by atoms with Crippen LogP contribution in [0.3, 0.4) is 0 Å². The lowest BCUT2D eigenvalue weighted by atomic mass is 10.2. The number of halogens is 1. The number of rotatable bonds is 8. The standard InChI is InChI=1S/C12H18ClNO5S/c1-18-8-9(5-6-15)14-20(16,17)12-7-10(19-2)3-4-11(12)13/h3-4,7,9,14-15H,5-6,8H2,1-2H3. The van der Waals surface area contributed by atoms with E-state index in [2.05, 4.69) is 4.72 Å². The van der Waals surface area contributed by atoms with Gasteiger partial charge in [-0.15, -0.1) is 0 Å². The summed E-state index contributed by atoms with van der Waals surface area (Å²) in [6, 6.07) is 3.83. The van der Waals surface area contributed by atoms with Crippen molar-refractivity contribution in [3.05, 3.63) is 23.2 Å². The van der Waals surface area contributed by atoms with Gasteiger partial charge in [-0.25, -0.2) is 13.1 Å². The summed E-state index contributed by atoms with van der Waals surface area (Å²) in [7, 11) is -0.928. The number of nitrogens with one attached hydrogen (secondary N) is 1. The Bertz CT molecular complexity index is 529. The van der Waals surface area contributed by atoms with Gasteiger partial charge in [0.15, 0.2) is 0 Å². The van der Waals surface area contributed by atoms with Crippen molar-refractivity contribution < 1.29 is 23.0 Å². The first-order valence-corrected chi connectivity index (χ1v) is 7.76. The molecule has 0 bridgehead atoms. The molecule has 0 aliphatic heterocycles. The largest absolute Gasteiger partial charge is 0.497 e. The molecule has 8 heteroatoms. The molecule has 0 aromatic heterocycles. The number of ether oxygens (including phenoxy) is 2. The van der Waals surface area contributed by atoms with Gasteiger partial charge in [0.05, 0.1) is 18.7 Å². The highest BCUT2D eigenvalue weighted by atomic mass is 35.5. The normalized spacial score (nSPS) is 13.2. The van der Waals surface area contributed by atoms with Gasteiger partial charge < -0.3 is 14.6 Å². The Labute approximate surface area is 123 Å². The molecule has 1 aromatic rings. The van der Waals surface area contributed by atoms with Crippen molar-refractivity contribution in [3.63, 3.8) is 0 Å². The van der Waals surface area contributed by atoms with E-state index >= 15 is 0 Å². The fraction of sp³-hybridized carbons (Fsp3) is 0.500. The number of aliphatic hydroxyl groups is 1. The van der Waals surface area contributed by atoms with Gasteiger partial charge in [-0.05, 0) is 18.6 Å². The van der Waals surface area contributed by atoms with E-state index in [1.165, 1.54) is 26.4 Å². The van der Waals surface area contributed by atoms with Gasteiger partial charge in [0.25, 0.3) is 0 Å². The zero-order chi connectivity index (χ0) is 15.2. The molecule has 20 heavy (non-hydrogen) atoms. The predicted octanol–water partition coefficient (Wildman–Crippen LogP) is 1.02. The summed E-state index contributed by atoms with van der Waals surface area (Å²) in [6.45, 7) is 0.00374. The second-order valence-corrected chi connectivity index (χ2v) is 6.17. The third-order valence-electron chi connectivity index (χ3n) is 2.60. The first kappa shape index (κ1) is 17.2. The topological polar surface area (TPSA) is 84.9 Å². The highest BCUT2D eigenvalue weighted by Crippen LogP contribution is 2.26. The summed E-state index contributed by atoms with van der Waals surface area (Å²) >= 11 is 5.92. The van der Waals surface area contributed by atoms with Crippen molar-refractivity contribution in [1.82, 2.24) is 4.72 Å². The van der Waals surface area contributed by atoms with Crippen LogP contribution in [0.5, 0.6) is 5.75 Å². The molecule has 1 rings (SSSR count). The second kappa shape index (κ2) is 7.80. The Morgan fingerprint density at radius 3 is 2.65 bits per heavy atom. The molecule has 6 nitrogen and oxygen atoms in total. The molecule has 1 unspecified atom stereocenters. The molecule has 1 atom stereocenters. The molecule has 0 spiro atoms. The van der Waals surface area contributed by atoms with Gasteiger partial charge >= 0.3 is 0 Å². The average molecular weight is 324 g/mol. The van der Waals surface area contributed by atoms with Gasteiger partial charge in [0, 0.05) is 25.8 Å². The zero-order valence-electron chi connectivity index (χ0n) is 11.3. The van der Waals surface area contributed by atoms with Gasteiger partial charge in [0.1, 0.15) is 10.6 Å². The second-order valence-electron chi connectivity index (χ2n) is 4.08. The molecule has 0 heterocycles. The summed E-state index contributed by atoms with van der Waals surface area (Å²) < 4.78 is 36.9. The van der Waals surface area contributed by atoms with Crippen LogP contribution >= 0.6 is 11.6 Å². The van der Waals surface area contributed by atoms with Crippen LogP contribution in [0.4, 0.5) is 0 Å². The Kier molecular flexibility index (Phi) is 6.70. The molecule has 2 N–H and O–H groups in total. The quantitative estimate of drug-likeness (QED) is 0.746. The Morgan fingerprint density at radius 2 is 2.10 bits per heavy atom. The number of sulfonamides is 1. The Balaban J connectivity index is 3.03. The molecule has 0 saturated heterocycles. The molecular weight excluding hydrogens is 306 g/mol. The SMILES string of the molecule is COCC(CCO)NS(=O)(=O)c1cc(OC)ccc1Cl. The maximum absolute atomic E-state index is 12.3. The Hall–Kier alpha value is -0.860. The van der Waals surface area contributed by atoms with Crippen LogP contribution in [0.15, 0.2) is 23.1 Å². The van der Waals surface area contributed by atoms with E-state index < -0.39 is 16.1 Å². The fourth-order valence-electron chi connectivity index (χ4n) is 1.63. The van der Waals surface area contributed by atoms with Gasteiger partial charge in [-0.1, -0.05) is 11.6 Å². The number of benzene rings is 1. The molecule has 0 fully saturated rings. The van der Waals surface area contributed by atoms with Crippen LogP contribution in [-0.4, -0.2) is 47.0 Å². The summed E-state index contributed by atoms with van der Waals surface area (Å²) in [5.41, 5.74) is 0. The number of aliphatic hydroxyl groups excluding tert-OH is 1. The van der Waals surface area contributed by atoms with Gasteiger partial charge in [0.2, 0.25) is 10.0 Å². The number of methoxy groups -OCH3 is 2. The predicted molar refractivity (Wildman–Crippen MR) is 75.7 cm³/mol. The lowest BCUT2D eigenvalue weighted by Crippen LogP contribution is -2.38. The highest BCUT2D eigenvalue weighted by molar-refractivity contribution is 7.89. The zero-order valence-corrected chi connectivity index (χ0v) is 12.9. The summed E-state index contributed by atoms with van der Waals surface area (Å²) in [5.74, 6) is 0.389. The average Bonchev–Trinajstić information content (AvgIpc) is 2.39. The smallest absolute Gasteiger partial charge is 0.242 e. The maximum Gasteiger partial charge on any atom is 0.242 e. The third kappa shape index (κ3) is 4.60. The fourth-order valence-corrected chi connectivity index (χ4v) is 3.40. The van der Waals surface area contributed by atoms with Crippen LogP contribution in [0.25, 0.3) is 0 Å². The van der Waals surface area contributed by atoms with Crippen molar-refractivity contribution in [2.45, 2.75) is 17.4 Å². The molecule has 0 amide bonds. The van der Waals surface area contributed by atoms with E-state index in [-0.39, 0.29) is 29.6 Å². The molecule has 114 valence electrons. The van der Waals surface area contributed by atoms with Crippen LogP contribution in [0.2, 0.25) is 5.02 Å². The lowest BCUT2D eigenvalue weighted by molar-refractivity contribution is 0.158. The lowest BCUT2D eigenvalue weighted by Gasteiger charge is -2.17. The molecule has 0 aliphatic carbocycles. The molecule has 0 radical (unpaired) electrons. The van der Waals surface area contributed by atoms with Crippen molar-refractivity contribution >= 4 is 21.6 Å². The molecular formula is C12H18ClNO5S. The van der Waals surface area contributed by atoms with E-state index in [4.69, 9.17) is 26.2 Å². The maximum atomic E-state index is 12.3. The van der Waals surface area contributed by atoms with E-state index in [0.717, 1.165) is 0 Å². The monoisotopic (exact) mass is 323 g/mol.